The summed E-state index contributed by atoms with van der Waals surface area (Å²) < 4.78 is 20.5. The normalized spacial score (nSPS) is 17.1. The number of halogens is 1. The number of benzene rings is 2. The molecule has 6 heteroatoms. The van der Waals surface area contributed by atoms with Crippen LogP contribution in [0.5, 0.6) is 5.75 Å². The molecule has 5 rings (SSSR count). The molecule has 158 valence electrons. The second kappa shape index (κ2) is 8.27. The monoisotopic (exact) mass is 435 g/mol. The van der Waals surface area contributed by atoms with E-state index in [1.54, 1.807) is 17.4 Å². The van der Waals surface area contributed by atoms with E-state index in [0.29, 0.717) is 30.7 Å². The van der Waals surface area contributed by atoms with Crippen LogP contribution in [0.25, 0.3) is 11.1 Å². The highest BCUT2D eigenvalue weighted by atomic mass is 32.1. The van der Waals surface area contributed by atoms with Crippen molar-refractivity contribution >= 4 is 23.0 Å². The molecule has 0 bridgehead atoms. The number of ketones is 1. The quantitative estimate of drug-likeness (QED) is 0.542. The van der Waals surface area contributed by atoms with Gasteiger partial charge in [-0.25, -0.2) is 4.39 Å². The fraction of sp³-hybridized carbons (Fsp3) is 0.280. The first kappa shape index (κ1) is 19.9. The third kappa shape index (κ3) is 4.26. The summed E-state index contributed by atoms with van der Waals surface area (Å²) in [4.78, 5) is 25.4. The number of fused-ring (bicyclic) bond motifs is 1. The van der Waals surface area contributed by atoms with E-state index < -0.39 is 0 Å². The maximum atomic E-state index is 14.5. The molecule has 3 aromatic rings. The van der Waals surface area contributed by atoms with Crippen molar-refractivity contribution in [2.24, 2.45) is 5.92 Å². The van der Waals surface area contributed by atoms with Crippen LogP contribution in [0, 0.1) is 11.7 Å². The number of Topliss-reactive ketones (excluding diaryl/α,β-unsaturated/α-hetero) is 1. The Morgan fingerprint density at radius 3 is 2.61 bits per heavy atom. The number of ether oxygens (including phenoxy) is 1. The summed E-state index contributed by atoms with van der Waals surface area (Å²) in [5.41, 5.74) is 2.94. The van der Waals surface area contributed by atoms with Crippen LogP contribution in [0.4, 0.5) is 4.39 Å². The van der Waals surface area contributed by atoms with Crippen LogP contribution < -0.4 is 10.1 Å². The van der Waals surface area contributed by atoms with Gasteiger partial charge in [0.25, 0.3) is 0 Å². The van der Waals surface area contributed by atoms with E-state index in [0.717, 1.165) is 34.4 Å². The molecule has 2 aromatic carbocycles. The third-order valence-electron chi connectivity index (χ3n) is 5.79. The van der Waals surface area contributed by atoms with Gasteiger partial charge in [0.15, 0.2) is 5.78 Å². The minimum atomic E-state index is -0.311. The van der Waals surface area contributed by atoms with Crippen LogP contribution in [0.3, 0.4) is 0 Å². The number of thiophene rings is 1. The lowest BCUT2D eigenvalue weighted by Crippen LogP contribution is -2.35. The molecule has 0 saturated heterocycles. The molecule has 0 spiro atoms. The minimum Gasteiger partial charge on any atom is -0.487 e. The topological polar surface area (TPSA) is 55.4 Å². The molecular weight excluding hydrogens is 413 g/mol. The average Bonchev–Trinajstić information content (AvgIpc) is 3.33. The average molecular weight is 436 g/mol. The Morgan fingerprint density at radius 2 is 1.90 bits per heavy atom. The molecule has 0 radical (unpaired) electrons. The number of nitrogens with one attached hydrogen (secondary N) is 1. The Labute approximate surface area is 184 Å². The predicted molar refractivity (Wildman–Crippen MR) is 118 cm³/mol. The number of carbonyl (C=O) groups excluding carboxylic acids is 2. The smallest absolute Gasteiger partial charge is 0.225 e. The SMILES string of the molecule is O=C(Cc1cccs1)NCC1Cc2c(F)ccc(-c3ccc(C(=O)C4CC4)cc3)c2O1. The fourth-order valence-corrected chi connectivity index (χ4v) is 4.67. The first-order valence-electron chi connectivity index (χ1n) is 10.5. The molecule has 1 aromatic heterocycles. The van der Waals surface area contributed by atoms with Crippen LogP contribution in [0.1, 0.15) is 33.6 Å². The largest absolute Gasteiger partial charge is 0.487 e. The fourth-order valence-electron chi connectivity index (χ4n) is 3.96. The minimum absolute atomic E-state index is 0.0707. The molecule has 2 heterocycles. The van der Waals surface area contributed by atoms with Crippen molar-refractivity contribution in [2.75, 3.05) is 6.54 Å². The van der Waals surface area contributed by atoms with Crippen molar-refractivity contribution in [1.29, 1.82) is 0 Å². The van der Waals surface area contributed by atoms with Crippen LogP contribution in [-0.4, -0.2) is 24.3 Å². The Balaban J connectivity index is 1.28. The van der Waals surface area contributed by atoms with Gasteiger partial charge in [-0.1, -0.05) is 30.3 Å². The van der Waals surface area contributed by atoms with Gasteiger partial charge in [0.05, 0.1) is 13.0 Å². The van der Waals surface area contributed by atoms with Crippen molar-refractivity contribution in [3.63, 3.8) is 0 Å². The van der Waals surface area contributed by atoms with Crippen molar-refractivity contribution in [2.45, 2.75) is 31.8 Å². The molecule has 1 aliphatic carbocycles. The van der Waals surface area contributed by atoms with E-state index in [-0.39, 0.29) is 29.5 Å². The first-order valence-corrected chi connectivity index (χ1v) is 11.4. The summed E-state index contributed by atoms with van der Waals surface area (Å²) >= 11 is 1.55. The Kier molecular flexibility index (Phi) is 5.32. The van der Waals surface area contributed by atoms with Gasteiger partial charge in [-0.05, 0) is 42.0 Å². The highest BCUT2D eigenvalue weighted by molar-refractivity contribution is 7.10. The van der Waals surface area contributed by atoms with Gasteiger partial charge >= 0.3 is 0 Å². The summed E-state index contributed by atoms with van der Waals surface area (Å²) in [5, 5.41) is 4.84. The van der Waals surface area contributed by atoms with Gasteiger partial charge in [-0.3, -0.25) is 9.59 Å². The second-order valence-electron chi connectivity index (χ2n) is 8.12. The lowest BCUT2D eigenvalue weighted by molar-refractivity contribution is -0.120. The Bertz CT molecular complexity index is 1120. The third-order valence-corrected chi connectivity index (χ3v) is 6.67. The van der Waals surface area contributed by atoms with E-state index in [4.69, 9.17) is 4.74 Å². The number of hydrogen-bond acceptors (Lipinski definition) is 4. The van der Waals surface area contributed by atoms with Gasteiger partial charge in [0.2, 0.25) is 5.91 Å². The molecule has 1 N–H and O–H groups in total. The molecule has 31 heavy (non-hydrogen) atoms. The van der Waals surface area contributed by atoms with E-state index in [1.165, 1.54) is 6.07 Å². The highest BCUT2D eigenvalue weighted by Crippen LogP contribution is 2.40. The summed E-state index contributed by atoms with van der Waals surface area (Å²) in [6.07, 6.45) is 2.39. The number of hydrogen-bond donors (Lipinski definition) is 1. The predicted octanol–water partition coefficient (Wildman–Crippen LogP) is 4.81. The van der Waals surface area contributed by atoms with E-state index in [2.05, 4.69) is 5.32 Å². The molecule has 1 amide bonds. The summed E-state index contributed by atoms with van der Waals surface area (Å²) in [6.45, 7) is 0.326. The number of carbonyl (C=O) groups is 2. The van der Waals surface area contributed by atoms with E-state index in [9.17, 15) is 14.0 Å². The summed E-state index contributed by atoms with van der Waals surface area (Å²) in [5.74, 6) is 0.537. The first-order chi connectivity index (χ1) is 15.1. The van der Waals surface area contributed by atoms with Crippen LogP contribution in [0.15, 0.2) is 53.9 Å². The molecule has 1 unspecified atom stereocenters. The zero-order chi connectivity index (χ0) is 21.4. The molecule has 1 fully saturated rings. The Morgan fingerprint density at radius 1 is 1.10 bits per heavy atom. The molecule has 1 atom stereocenters. The summed E-state index contributed by atoms with van der Waals surface area (Å²) in [7, 11) is 0. The van der Waals surface area contributed by atoms with Crippen LogP contribution in [-0.2, 0) is 17.6 Å². The lowest BCUT2D eigenvalue weighted by Gasteiger charge is -2.14. The summed E-state index contributed by atoms with van der Waals surface area (Å²) in [6, 6.07) is 14.5. The molecule has 4 nitrogen and oxygen atoms in total. The zero-order valence-electron chi connectivity index (χ0n) is 16.9. The van der Waals surface area contributed by atoms with Gasteiger partial charge < -0.3 is 10.1 Å². The van der Waals surface area contributed by atoms with Gasteiger partial charge in [0.1, 0.15) is 17.7 Å². The Hall–Kier alpha value is -2.99. The highest BCUT2D eigenvalue weighted by Gasteiger charge is 2.31. The number of amides is 1. The molecular formula is C25H22FNO3S. The zero-order valence-corrected chi connectivity index (χ0v) is 17.7. The number of rotatable bonds is 7. The van der Waals surface area contributed by atoms with Crippen LogP contribution in [0.2, 0.25) is 0 Å². The van der Waals surface area contributed by atoms with Gasteiger partial charge in [-0.15, -0.1) is 11.3 Å². The van der Waals surface area contributed by atoms with Gasteiger partial charge in [-0.2, -0.15) is 0 Å². The van der Waals surface area contributed by atoms with Crippen molar-refractivity contribution in [3.8, 4) is 16.9 Å². The van der Waals surface area contributed by atoms with E-state index >= 15 is 0 Å². The van der Waals surface area contributed by atoms with Crippen molar-refractivity contribution in [1.82, 2.24) is 5.32 Å². The molecule has 1 saturated carbocycles. The second-order valence-corrected chi connectivity index (χ2v) is 9.15. The van der Waals surface area contributed by atoms with Crippen LogP contribution >= 0.6 is 11.3 Å². The lowest BCUT2D eigenvalue weighted by atomic mass is 9.98. The maximum Gasteiger partial charge on any atom is 0.225 e. The van der Waals surface area contributed by atoms with Crippen molar-refractivity contribution < 1.29 is 18.7 Å². The van der Waals surface area contributed by atoms with E-state index in [1.807, 2.05) is 41.8 Å². The molecule has 2 aliphatic rings. The maximum absolute atomic E-state index is 14.5. The standard InChI is InChI=1S/C25H22FNO3S/c26-22-10-9-20(15-3-5-16(6-4-15)24(29)17-7-8-17)25-21(22)12-18(30-25)14-27-23(28)13-19-2-1-11-31-19/h1-6,9-11,17-18H,7-8,12-14H2,(H,27,28). The van der Waals surface area contributed by atoms with Gasteiger partial charge in [0, 0.05) is 33.9 Å². The molecule has 1 aliphatic heterocycles. The van der Waals surface area contributed by atoms with Crippen molar-refractivity contribution in [3.05, 3.63) is 75.7 Å².